The average molecular weight is 315 g/mol. The molecule has 4 unspecified atom stereocenters. The van der Waals surface area contributed by atoms with Gasteiger partial charge in [-0.05, 0) is 6.42 Å². The maximum atomic E-state index is 12.2. The van der Waals surface area contributed by atoms with Gasteiger partial charge in [-0.1, -0.05) is 13.8 Å². The number of rotatable bonds is 3. The number of hydrogen-bond acceptors (Lipinski definition) is 9. The molecule has 0 aromatic rings. The van der Waals surface area contributed by atoms with Crippen LogP contribution in [-0.4, -0.2) is 41.1 Å². The van der Waals surface area contributed by atoms with Crippen LogP contribution in [0.15, 0.2) is 0 Å². The Balaban J connectivity index is 2.89. The standard InChI is InChI=1S/C13H21N3O6/c1-3-8(15)11(19)21-22-12(20)13(16)6(2)9(17)4-7(14)5-10(13)18/h6-8H,3-5,14-16H2,1-2H3. The Labute approximate surface area is 127 Å². The summed E-state index contributed by atoms with van der Waals surface area (Å²) in [5.41, 5.74) is 14.6. The predicted molar refractivity (Wildman–Crippen MR) is 73.8 cm³/mol. The van der Waals surface area contributed by atoms with Crippen LogP contribution in [0.1, 0.15) is 33.1 Å². The van der Waals surface area contributed by atoms with E-state index in [1.165, 1.54) is 6.92 Å². The lowest BCUT2D eigenvalue weighted by Gasteiger charge is -2.27. The predicted octanol–water partition coefficient (Wildman–Crippen LogP) is -1.68. The monoisotopic (exact) mass is 315 g/mol. The topological polar surface area (TPSA) is 165 Å². The second-order valence-corrected chi connectivity index (χ2v) is 5.44. The van der Waals surface area contributed by atoms with Crippen LogP contribution in [0.2, 0.25) is 0 Å². The van der Waals surface area contributed by atoms with Crippen molar-refractivity contribution in [1.29, 1.82) is 0 Å². The number of ketones is 2. The largest absolute Gasteiger partial charge is 0.383 e. The lowest BCUT2D eigenvalue weighted by atomic mass is 9.80. The summed E-state index contributed by atoms with van der Waals surface area (Å²) in [7, 11) is 0. The third kappa shape index (κ3) is 3.49. The quantitative estimate of drug-likeness (QED) is 0.238. The van der Waals surface area contributed by atoms with Gasteiger partial charge in [0.2, 0.25) is 0 Å². The number of carbonyl (C=O) groups is 4. The summed E-state index contributed by atoms with van der Waals surface area (Å²) in [5, 5.41) is 0. The van der Waals surface area contributed by atoms with Crippen molar-refractivity contribution in [1.82, 2.24) is 0 Å². The van der Waals surface area contributed by atoms with E-state index >= 15 is 0 Å². The highest BCUT2D eigenvalue weighted by Crippen LogP contribution is 2.26. The maximum Gasteiger partial charge on any atom is 0.383 e. The Morgan fingerprint density at radius 2 is 1.91 bits per heavy atom. The number of hydrogen-bond donors (Lipinski definition) is 3. The lowest BCUT2D eigenvalue weighted by molar-refractivity contribution is -0.264. The van der Waals surface area contributed by atoms with E-state index in [2.05, 4.69) is 9.78 Å². The highest BCUT2D eigenvalue weighted by Gasteiger charge is 2.54. The number of nitrogens with two attached hydrogens (primary N) is 3. The van der Waals surface area contributed by atoms with Crippen molar-refractivity contribution in [3.63, 3.8) is 0 Å². The van der Waals surface area contributed by atoms with E-state index in [9.17, 15) is 19.2 Å². The van der Waals surface area contributed by atoms with Crippen LogP contribution >= 0.6 is 0 Å². The Hall–Kier alpha value is -1.84. The van der Waals surface area contributed by atoms with Crippen LogP contribution in [0.25, 0.3) is 0 Å². The van der Waals surface area contributed by atoms with E-state index in [-0.39, 0.29) is 19.3 Å². The summed E-state index contributed by atoms with van der Waals surface area (Å²) < 4.78 is 0. The van der Waals surface area contributed by atoms with E-state index in [1.807, 2.05) is 0 Å². The minimum Gasteiger partial charge on any atom is -0.327 e. The molecule has 0 spiro atoms. The van der Waals surface area contributed by atoms with Crippen molar-refractivity contribution in [3.05, 3.63) is 0 Å². The molecule has 4 atom stereocenters. The third-order valence-electron chi connectivity index (χ3n) is 3.82. The highest BCUT2D eigenvalue weighted by atomic mass is 17.2. The first kappa shape index (κ1) is 18.2. The first-order chi connectivity index (χ1) is 10.1. The average Bonchev–Trinajstić information content (AvgIpc) is 2.55. The van der Waals surface area contributed by atoms with Gasteiger partial charge in [0.05, 0.1) is 5.92 Å². The van der Waals surface area contributed by atoms with Crippen LogP contribution in [0.5, 0.6) is 0 Å². The molecule has 0 aliphatic heterocycles. The van der Waals surface area contributed by atoms with Crippen molar-refractivity contribution in [3.8, 4) is 0 Å². The van der Waals surface area contributed by atoms with Crippen molar-refractivity contribution in [2.24, 2.45) is 23.1 Å². The fraction of sp³-hybridized carbons (Fsp3) is 0.692. The Kier molecular flexibility index (Phi) is 5.75. The second-order valence-electron chi connectivity index (χ2n) is 5.44. The molecule has 0 heterocycles. The molecule has 0 aromatic carbocycles. The van der Waals surface area contributed by atoms with Gasteiger partial charge in [-0.2, -0.15) is 0 Å². The van der Waals surface area contributed by atoms with Gasteiger partial charge in [0.25, 0.3) is 0 Å². The van der Waals surface area contributed by atoms with E-state index in [4.69, 9.17) is 17.2 Å². The van der Waals surface area contributed by atoms with Gasteiger partial charge in [-0.15, -0.1) is 0 Å². The molecule has 124 valence electrons. The third-order valence-corrected chi connectivity index (χ3v) is 3.82. The summed E-state index contributed by atoms with van der Waals surface area (Å²) in [6.07, 6.45) is -0.0451. The van der Waals surface area contributed by atoms with Gasteiger partial charge in [-0.25, -0.2) is 19.4 Å². The molecule has 0 amide bonds. The van der Waals surface area contributed by atoms with Crippen LogP contribution in [0, 0.1) is 5.92 Å². The van der Waals surface area contributed by atoms with Crippen LogP contribution in [-0.2, 0) is 29.0 Å². The molecule has 1 rings (SSSR count). The van der Waals surface area contributed by atoms with E-state index in [0.717, 1.165) is 0 Å². The minimum atomic E-state index is -2.23. The molecule has 1 fully saturated rings. The van der Waals surface area contributed by atoms with E-state index < -0.39 is 47.0 Å². The zero-order valence-electron chi connectivity index (χ0n) is 12.5. The van der Waals surface area contributed by atoms with Crippen molar-refractivity contribution < 1.29 is 29.0 Å². The van der Waals surface area contributed by atoms with Crippen LogP contribution in [0.3, 0.4) is 0 Å². The Morgan fingerprint density at radius 1 is 1.32 bits per heavy atom. The maximum absolute atomic E-state index is 12.2. The number of Topliss-reactive ketones (excluding diaryl/α,β-unsaturated/α-hetero) is 2. The molecule has 1 aliphatic carbocycles. The minimum absolute atomic E-state index is 0.0698. The van der Waals surface area contributed by atoms with Gasteiger partial charge in [0, 0.05) is 18.9 Å². The first-order valence-electron chi connectivity index (χ1n) is 6.93. The zero-order chi connectivity index (χ0) is 17.1. The number of carbonyl (C=O) groups excluding carboxylic acids is 4. The first-order valence-corrected chi connectivity index (χ1v) is 6.93. The molecule has 0 bridgehead atoms. The normalized spacial score (nSPS) is 30.4. The lowest BCUT2D eigenvalue weighted by Crippen LogP contribution is -2.61. The second kappa shape index (κ2) is 6.95. The van der Waals surface area contributed by atoms with Crippen molar-refractivity contribution in [2.45, 2.75) is 50.7 Å². The van der Waals surface area contributed by atoms with Gasteiger partial charge in [0.1, 0.15) is 11.8 Å². The van der Waals surface area contributed by atoms with Crippen LogP contribution < -0.4 is 17.2 Å². The summed E-state index contributed by atoms with van der Waals surface area (Å²) in [4.78, 5) is 56.2. The van der Waals surface area contributed by atoms with Gasteiger partial charge in [-0.3, -0.25) is 9.59 Å². The molecule has 9 nitrogen and oxygen atoms in total. The van der Waals surface area contributed by atoms with Gasteiger partial charge < -0.3 is 17.2 Å². The fourth-order valence-electron chi connectivity index (χ4n) is 2.08. The zero-order valence-corrected chi connectivity index (χ0v) is 12.5. The summed E-state index contributed by atoms with van der Waals surface area (Å²) in [6, 6.07) is -1.68. The molecule has 1 saturated carbocycles. The molecule has 6 N–H and O–H groups in total. The van der Waals surface area contributed by atoms with Gasteiger partial charge in [0.15, 0.2) is 11.3 Å². The molecule has 0 saturated heterocycles. The van der Waals surface area contributed by atoms with E-state index in [0.29, 0.717) is 0 Å². The summed E-state index contributed by atoms with van der Waals surface area (Å²) in [6.45, 7) is 2.97. The SMILES string of the molecule is CCC(N)C(=O)OOC(=O)C1(N)C(=O)CC(N)CC(=O)C1C. The smallest absolute Gasteiger partial charge is 0.327 e. The molecule has 1 aliphatic rings. The Bertz CT molecular complexity index is 494. The van der Waals surface area contributed by atoms with Crippen LogP contribution in [0.4, 0.5) is 0 Å². The summed E-state index contributed by atoms with van der Waals surface area (Å²) >= 11 is 0. The molecular weight excluding hydrogens is 294 g/mol. The molecule has 22 heavy (non-hydrogen) atoms. The fourth-order valence-corrected chi connectivity index (χ4v) is 2.08. The molecule has 0 radical (unpaired) electrons. The molecule has 9 heteroatoms. The Morgan fingerprint density at radius 3 is 2.45 bits per heavy atom. The highest BCUT2D eigenvalue weighted by molar-refractivity contribution is 6.13. The van der Waals surface area contributed by atoms with E-state index in [1.54, 1.807) is 6.92 Å². The molecule has 0 aromatic heterocycles. The van der Waals surface area contributed by atoms with Crippen molar-refractivity contribution >= 4 is 23.5 Å². The summed E-state index contributed by atoms with van der Waals surface area (Å²) in [5.74, 6) is -4.60. The van der Waals surface area contributed by atoms with Gasteiger partial charge >= 0.3 is 11.9 Å². The van der Waals surface area contributed by atoms with Crippen molar-refractivity contribution in [2.75, 3.05) is 0 Å². The molecular formula is C13H21N3O6.